The van der Waals surface area contributed by atoms with Crippen LogP contribution in [0.3, 0.4) is 0 Å². The zero-order valence-corrected chi connectivity index (χ0v) is 11.1. The van der Waals surface area contributed by atoms with Crippen molar-refractivity contribution in [2.24, 2.45) is 11.1 Å². The lowest BCUT2D eigenvalue weighted by molar-refractivity contribution is 0.136. The third kappa shape index (κ3) is 3.33. The third-order valence-electron chi connectivity index (χ3n) is 3.85. The first-order valence-corrected chi connectivity index (χ1v) is 6.51. The molecule has 1 heterocycles. The van der Waals surface area contributed by atoms with E-state index in [4.69, 9.17) is 10.2 Å². The summed E-state index contributed by atoms with van der Waals surface area (Å²) in [6, 6.07) is 4.95. The summed E-state index contributed by atoms with van der Waals surface area (Å²) in [4.78, 5) is 2.52. The molecular formula is C14H24N2O. The molecule has 2 rings (SSSR count). The van der Waals surface area contributed by atoms with Crippen molar-refractivity contribution >= 4 is 0 Å². The Bertz CT molecular complexity index is 339. The molecule has 1 fully saturated rings. The molecule has 0 spiro atoms. The Morgan fingerprint density at radius 2 is 2.24 bits per heavy atom. The number of nitrogens with zero attached hydrogens (tertiary/aromatic N) is 1. The van der Waals surface area contributed by atoms with Gasteiger partial charge in [0.2, 0.25) is 0 Å². The van der Waals surface area contributed by atoms with E-state index in [1.54, 1.807) is 6.26 Å². The minimum absolute atomic E-state index is 0.148. The van der Waals surface area contributed by atoms with Crippen molar-refractivity contribution in [3.63, 3.8) is 0 Å². The molecule has 1 aliphatic rings. The Kier molecular flexibility index (Phi) is 3.59. The van der Waals surface area contributed by atoms with Crippen molar-refractivity contribution < 1.29 is 4.42 Å². The van der Waals surface area contributed by atoms with E-state index in [1.807, 2.05) is 12.1 Å². The van der Waals surface area contributed by atoms with Gasteiger partial charge >= 0.3 is 0 Å². The topological polar surface area (TPSA) is 42.4 Å². The number of hydrogen-bond acceptors (Lipinski definition) is 3. The summed E-state index contributed by atoms with van der Waals surface area (Å²) in [6.07, 6.45) is 4.38. The Morgan fingerprint density at radius 1 is 1.53 bits per heavy atom. The van der Waals surface area contributed by atoms with Crippen LogP contribution in [0.25, 0.3) is 0 Å². The van der Waals surface area contributed by atoms with Crippen LogP contribution < -0.4 is 5.73 Å². The van der Waals surface area contributed by atoms with Crippen LogP contribution in [0, 0.1) is 5.41 Å². The second-order valence-electron chi connectivity index (χ2n) is 5.99. The maximum absolute atomic E-state index is 6.06. The number of furan rings is 1. The van der Waals surface area contributed by atoms with Gasteiger partial charge in [-0.1, -0.05) is 13.8 Å². The molecular weight excluding hydrogens is 212 g/mol. The summed E-state index contributed by atoms with van der Waals surface area (Å²) in [7, 11) is 0. The van der Waals surface area contributed by atoms with Gasteiger partial charge in [-0.25, -0.2) is 0 Å². The highest BCUT2D eigenvalue weighted by Crippen LogP contribution is 2.32. The van der Waals surface area contributed by atoms with Gasteiger partial charge in [-0.2, -0.15) is 0 Å². The van der Waals surface area contributed by atoms with Gasteiger partial charge in [0.05, 0.1) is 12.8 Å². The van der Waals surface area contributed by atoms with Gasteiger partial charge in [0.25, 0.3) is 0 Å². The zero-order valence-electron chi connectivity index (χ0n) is 11.1. The average Bonchev–Trinajstić information content (AvgIpc) is 2.97. The fourth-order valence-corrected chi connectivity index (χ4v) is 2.02. The fourth-order valence-electron chi connectivity index (χ4n) is 2.02. The van der Waals surface area contributed by atoms with Crippen LogP contribution in [-0.4, -0.2) is 23.5 Å². The van der Waals surface area contributed by atoms with Crippen molar-refractivity contribution in [3.05, 3.63) is 24.2 Å². The molecule has 2 N–H and O–H groups in total. The van der Waals surface area contributed by atoms with Gasteiger partial charge in [0.1, 0.15) is 5.76 Å². The van der Waals surface area contributed by atoms with Crippen LogP contribution in [0.15, 0.2) is 22.8 Å². The zero-order chi connectivity index (χ0) is 12.5. The monoisotopic (exact) mass is 236 g/mol. The molecule has 0 aromatic carbocycles. The highest BCUT2D eigenvalue weighted by atomic mass is 16.3. The SMILES string of the molecule is CC(N)C(C)(C)CN(Cc1ccco1)C1CC1. The van der Waals surface area contributed by atoms with E-state index in [9.17, 15) is 0 Å². The molecule has 0 aliphatic heterocycles. The minimum atomic E-state index is 0.148. The summed E-state index contributed by atoms with van der Waals surface area (Å²) in [5, 5.41) is 0. The predicted octanol–water partition coefficient (Wildman–Crippen LogP) is 2.62. The average molecular weight is 236 g/mol. The van der Waals surface area contributed by atoms with Gasteiger partial charge in [-0.05, 0) is 37.3 Å². The maximum Gasteiger partial charge on any atom is 0.117 e. The van der Waals surface area contributed by atoms with Gasteiger partial charge in [0, 0.05) is 18.6 Å². The number of rotatable bonds is 6. The van der Waals surface area contributed by atoms with E-state index in [0.717, 1.165) is 24.9 Å². The fraction of sp³-hybridized carbons (Fsp3) is 0.714. The molecule has 1 aliphatic carbocycles. The lowest BCUT2D eigenvalue weighted by Crippen LogP contribution is -2.44. The molecule has 3 nitrogen and oxygen atoms in total. The normalized spacial score (nSPS) is 18.6. The van der Waals surface area contributed by atoms with Crippen molar-refractivity contribution in [2.45, 2.75) is 52.2 Å². The Balaban J connectivity index is 1.98. The van der Waals surface area contributed by atoms with Crippen LogP contribution >= 0.6 is 0 Å². The van der Waals surface area contributed by atoms with Gasteiger partial charge in [-0.3, -0.25) is 4.90 Å². The van der Waals surface area contributed by atoms with Crippen LogP contribution in [0.1, 0.15) is 39.4 Å². The molecule has 1 aromatic rings. The first kappa shape index (κ1) is 12.7. The Morgan fingerprint density at radius 3 is 2.71 bits per heavy atom. The van der Waals surface area contributed by atoms with Crippen molar-refractivity contribution in [1.82, 2.24) is 4.90 Å². The van der Waals surface area contributed by atoms with Gasteiger partial charge in [-0.15, -0.1) is 0 Å². The van der Waals surface area contributed by atoms with Crippen molar-refractivity contribution in [3.8, 4) is 0 Å². The van der Waals surface area contributed by atoms with Crippen molar-refractivity contribution in [1.29, 1.82) is 0 Å². The molecule has 0 bridgehead atoms. The van der Waals surface area contributed by atoms with Gasteiger partial charge in [0.15, 0.2) is 0 Å². The predicted molar refractivity (Wildman–Crippen MR) is 69.6 cm³/mol. The van der Waals surface area contributed by atoms with Crippen molar-refractivity contribution in [2.75, 3.05) is 6.54 Å². The molecule has 1 aromatic heterocycles. The Labute approximate surface area is 104 Å². The Hall–Kier alpha value is -0.800. The molecule has 3 heteroatoms. The number of hydrogen-bond donors (Lipinski definition) is 1. The standard InChI is InChI=1S/C14H24N2O/c1-11(15)14(2,3)10-16(12-6-7-12)9-13-5-4-8-17-13/h4-5,8,11-12H,6-7,9-10,15H2,1-3H3. The van der Waals surface area contributed by atoms with E-state index in [1.165, 1.54) is 12.8 Å². The summed E-state index contributed by atoms with van der Waals surface area (Å²) in [6.45, 7) is 8.53. The molecule has 0 saturated heterocycles. The highest BCUT2D eigenvalue weighted by molar-refractivity contribution is 5.00. The van der Waals surface area contributed by atoms with Crippen LogP contribution in [0.2, 0.25) is 0 Å². The lowest BCUT2D eigenvalue weighted by Gasteiger charge is -2.35. The smallest absolute Gasteiger partial charge is 0.117 e. The largest absolute Gasteiger partial charge is 0.468 e. The lowest BCUT2D eigenvalue weighted by atomic mass is 9.85. The summed E-state index contributed by atoms with van der Waals surface area (Å²) in [5.41, 5.74) is 6.21. The second kappa shape index (κ2) is 4.83. The summed E-state index contributed by atoms with van der Waals surface area (Å²) < 4.78 is 5.44. The molecule has 96 valence electrons. The highest BCUT2D eigenvalue weighted by Gasteiger charge is 2.34. The molecule has 0 amide bonds. The maximum atomic E-state index is 6.06. The van der Waals surface area contributed by atoms with E-state index in [-0.39, 0.29) is 11.5 Å². The minimum Gasteiger partial charge on any atom is -0.468 e. The van der Waals surface area contributed by atoms with Crippen LogP contribution in [-0.2, 0) is 6.54 Å². The van der Waals surface area contributed by atoms with E-state index in [0.29, 0.717) is 0 Å². The van der Waals surface area contributed by atoms with E-state index in [2.05, 4.69) is 25.7 Å². The van der Waals surface area contributed by atoms with Crippen LogP contribution in [0.4, 0.5) is 0 Å². The second-order valence-corrected chi connectivity index (χ2v) is 5.99. The molecule has 1 unspecified atom stereocenters. The summed E-state index contributed by atoms with van der Waals surface area (Å²) in [5.74, 6) is 1.05. The van der Waals surface area contributed by atoms with E-state index < -0.39 is 0 Å². The first-order valence-electron chi connectivity index (χ1n) is 6.51. The molecule has 1 atom stereocenters. The number of nitrogens with two attached hydrogens (primary N) is 1. The first-order chi connectivity index (χ1) is 7.99. The van der Waals surface area contributed by atoms with E-state index >= 15 is 0 Å². The molecule has 17 heavy (non-hydrogen) atoms. The molecule has 1 saturated carbocycles. The third-order valence-corrected chi connectivity index (χ3v) is 3.85. The summed E-state index contributed by atoms with van der Waals surface area (Å²) >= 11 is 0. The molecule has 0 radical (unpaired) electrons. The van der Waals surface area contributed by atoms with Gasteiger partial charge < -0.3 is 10.2 Å². The quantitative estimate of drug-likeness (QED) is 0.825. The van der Waals surface area contributed by atoms with Crippen LogP contribution in [0.5, 0.6) is 0 Å².